The van der Waals surface area contributed by atoms with Crippen molar-refractivity contribution >= 4 is 11.8 Å². The molecule has 0 saturated carbocycles. The Balaban J connectivity index is 2.79. The van der Waals surface area contributed by atoms with E-state index < -0.39 is 5.97 Å². The molecule has 1 heterocycles. The number of esters is 1. The van der Waals surface area contributed by atoms with Gasteiger partial charge in [-0.3, -0.25) is 0 Å². The molecule has 82 valence electrons. The Labute approximate surface area is 93.4 Å². The van der Waals surface area contributed by atoms with Crippen molar-refractivity contribution in [2.45, 2.75) is 6.92 Å². The highest BCUT2D eigenvalue weighted by atomic mass is 16.5. The molecular weight excluding hydrogens is 206 g/mol. The smallest absolute Gasteiger partial charge is 0.350 e. The minimum Gasteiger partial charge on any atom is -0.465 e. The van der Waals surface area contributed by atoms with E-state index in [4.69, 9.17) is 5.26 Å². The molecule has 1 aromatic rings. The minimum absolute atomic E-state index is 0.106. The number of anilines is 1. The van der Waals surface area contributed by atoms with Crippen LogP contribution in [-0.2, 0) is 9.53 Å². The molecule has 5 nitrogen and oxygen atoms in total. The lowest BCUT2D eigenvalue weighted by molar-refractivity contribution is -0.135. The van der Waals surface area contributed by atoms with Crippen molar-refractivity contribution in [2.24, 2.45) is 0 Å². The van der Waals surface area contributed by atoms with Gasteiger partial charge in [-0.25, -0.2) is 9.78 Å². The number of hydrogen-bond donors (Lipinski definition) is 1. The van der Waals surface area contributed by atoms with Crippen LogP contribution < -0.4 is 5.32 Å². The third-order valence-electron chi connectivity index (χ3n) is 1.78. The molecule has 0 aliphatic heterocycles. The molecule has 0 amide bonds. The number of pyridine rings is 1. The van der Waals surface area contributed by atoms with Gasteiger partial charge < -0.3 is 10.1 Å². The second-order valence-corrected chi connectivity index (χ2v) is 2.97. The maximum atomic E-state index is 11.1. The molecule has 1 rings (SSSR count). The van der Waals surface area contributed by atoms with Gasteiger partial charge in [0.2, 0.25) is 0 Å². The standard InChI is InChI=1S/C11H11N3O2/c1-8-4-3-5-10(14-8)13-7-9(6-12)11(15)16-2/h3-5,7H,1-2H3,(H,13,14)/b9-7-. The summed E-state index contributed by atoms with van der Waals surface area (Å²) in [5.74, 6) is -0.112. The largest absolute Gasteiger partial charge is 0.465 e. The predicted molar refractivity (Wildman–Crippen MR) is 58.3 cm³/mol. The topological polar surface area (TPSA) is 75.0 Å². The Bertz CT molecular complexity index is 461. The average molecular weight is 217 g/mol. The van der Waals surface area contributed by atoms with E-state index in [1.54, 1.807) is 12.1 Å². The molecule has 0 radical (unpaired) electrons. The van der Waals surface area contributed by atoms with Crippen molar-refractivity contribution in [3.05, 3.63) is 35.7 Å². The van der Waals surface area contributed by atoms with Crippen molar-refractivity contribution in [1.29, 1.82) is 5.26 Å². The Hall–Kier alpha value is -2.35. The van der Waals surface area contributed by atoms with Gasteiger partial charge in [0.15, 0.2) is 5.57 Å². The SMILES string of the molecule is COC(=O)/C(C#N)=C\Nc1cccc(C)n1. The van der Waals surface area contributed by atoms with E-state index >= 15 is 0 Å². The van der Waals surface area contributed by atoms with Gasteiger partial charge in [0.25, 0.3) is 0 Å². The first-order valence-corrected chi connectivity index (χ1v) is 4.56. The number of rotatable bonds is 3. The van der Waals surface area contributed by atoms with Crippen LogP contribution in [0.5, 0.6) is 0 Å². The van der Waals surface area contributed by atoms with E-state index in [1.165, 1.54) is 13.3 Å². The van der Waals surface area contributed by atoms with Crippen molar-refractivity contribution in [1.82, 2.24) is 4.98 Å². The Morgan fingerprint density at radius 2 is 2.38 bits per heavy atom. The second kappa shape index (κ2) is 5.51. The van der Waals surface area contributed by atoms with Crippen LogP contribution in [0.15, 0.2) is 30.0 Å². The summed E-state index contributed by atoms with van der Waals surface area (Å²) in [5, 5.41) is 11.4. The lowest BCUT2D eigenvalue weighted by Gasteiger charge is -2.01. The van der Waals surface area contributed by atoms with Crippen LogP contribution in [0, 0.1) is 18.3 Å². The first kappa shape index (κ1) is 11.7. The fraction of sp³-hybridized carbons (Fsp3) is 0.182. The normalized spacial score (nSPS) is 10.4. The lowest BCUT2D eigenvalue weighted by atomic mass is 10.3. The number of aryl methyl sites for hydroxylation is 1. The van der Waals surface area contributed by atoms with Crippen LogP contribution in [0.4, 0.5) is 5.82 Å². The van der Waals surface area contributed by atoms with Crippen LogP contribution in [-0.4, -0.2) is 18.1 Å². The summed E-state index contributed by atoms with van der Waals surface area (Å²) in [6.07, 6.45) is 1.27. The number of ether oxygens (including phenoxy) is 1. The molecular formula is C11H11N3O2. The number of nitrogens with one attached hydrogen (secondary N) is 1. The zero-order valence-corrected chi connectivity index (χ0v) is 9.02. The maximum absolute atomic E-state index is 11.1. The third kappa shape index (κ3) is 3.10. The minimum atomic E-state index is -0.678. The van der Waals surface area contributed by atoms with Crippen molar-refractivity contribution in [3.63, 3.8) is 0 Å². The van der Waals surface area contributed by atoms with E-state index in [9.17, 15) is 4.79 Å². The van der Waals surface area contributed by atoms with Crippen molar-refractivity contribution < 1.29 is 9.53 Å². The number of nitriles is 1. The third-order valence-corrected chi connectivity index (χ3v) is 1.78. The number of carbonyl (C=O) groups excluding carboxylic acids is 1. The Kier molecular flexibility index (Phi) is 4.04. The van der Waals surface area contributed by atoms with Crippen LogP contribution in [0.1, 0.15) is 5.69 Å². The quantitative estimate of drug-likeness (QED) is 0.470. The fourth-order valence-corrected chi connectivity index (χ4v) is 1.02. The summed E-state index contributed by atoms with van der Waals surface area (Å²) >= 11 is 0. The second-order valence-electron chi connectivity index (χ2n) is 2.97. The highest BCUT2D eigenvalue weighted by Crippen LogP contribution is 2.05. The number of carbonyl (C=O) groups is 1. The number of methoxy groups -OCH3 is 1. The molecule has 1 aromatic heterocycles. The lowest BCUT2D eigenvalue weighted by Crippen LogP contribution is -2.05. The van der Waals surface area contributed by atoms with Gasteiger partial charge in [-0.15, -0.1) is 0 Å². The molecule has 0 spiro atoms. The van der Waals surface area contributed by atoms with E-state index in [2.05, 4.69) is 15.0 Å². The summed E-state index contributed by atoms with van der Waals surface area (Å²) in [5.41, 5.74) is 0.737. The van der Waals surface area contributed by atoms with Crippen LogP contribution >= 0.6 is 0 Å². The maximum Gasteiger partial charge on any atom is 0.350 e. The zero-order valence-electron chi connectivity index (χ0n) is 9.02. The summed E-state index contributed by atoms with van der Waals surface area (Å²) in [7, 11) is 1.22. The van der Waals surface area contributed by atoms with E-state index in [1.807, 2.05) is 19.1 Å². The first-order valence-electron chi connectivity index (χ1n) is 4.56. The zero-order chi connectivity index (χ0) is 12.0. The monoisotopic (exact) mass is 217 g/mol. The number of hydrogen-bond acceptors (Lipinski definition) is 5. The predicted octanol–water partition coefficient (Wildman–Crippen LogP) is 1.38. The van der Waals surface area contributed by atoms with E-state index in [0.717, 1.165) is 5.69 Å². The van der Waals surface area contributed by atoms with Crippen LogP contribution in [0.3, 0.4) is 0 Å². The first-order chi connectivity index (χ1) is 7.67. The molecule has 0 aromatic carbocycles. The molecule has 0 aliphatic carbocycles. The molecule has 0 unspecified atom stereocenters. The number of nitrogens with zero attached hydrogens (tertiary/aromatic N) is 2. The van der Waals surface area contributed by atoms with Crippen molar-refractivity contribution in [3.8, 4) is 6.07 Å². The van der Waals surface area contributed by atoms with Gasteiger partial charge in [0, 0.05) is 11.9 Å². The Morgan fingerprint density at radius 3 is 2.94 bits per heavy atom. The molecule has 0 aliphatic rings. The van der Waals surface area contributed by atoms with Gasteiger partial charge in [0.05, 0.1) is 7.11 Å². The summed E-state index contributed by atoms with van der Waals surface area (Å²) in [6.45, 7) is 1.85. The molecule has 16 heavy (non-hydrogen) atoms. The molecule has 0 fully saturated rings. The molecule has 5 heteroatoms. The molecule has 0 atom stereocenters. The average Bonchev–Trinajstić information content (AvgIpc) is 2.29. The van der Waals surface area contributed by atoms with Gasteiger partial charge >= 0.3 is 5.97 Å². The van der Waals surface area contributed by atoms with Gasteiger partial charge in [-0.2, -0.15) is 5.26 Å². The highest BCUT2D eigenvalue weighted by Gasteiger charge is 2.07. The van der Waals surface area contributed by atoms with Gasteiger partial charge in [-0.1, -0.05) is 6.07 Å². The summed E-state index contributed by atoms with van der Waals surface area (Å²) in [6, 6.07) is 7.14. The number of aromatic nitrogens is 1. The Morgan fingerprint density at radius 1 is 1.62 bits per heavy atom. The van der Waals surface area contributed by atoms with Gasteiger partial charge in [-0.05, 0) is 19.1 Å². The van der Waals surface area contributed by atoms with Crippen LogP contribution in [0.2, 0.25) is 0 Å². The molecule has 0 bridgehead atoms. The van der Waals surface area contributed by atoms with E-state index in [0.29, 0.717) is 5.82 Å². The van der Waals surface area contributed by atoms with E-state index in [-0.39, 0.29) is 5.57 Å². The fourth-order valence-electron chi connectivity index (χ4n) is 1.02. The van der Waals surface area contributed by atoms with Crippen LogP contribution in [0.25, 0.3) is 0 Å². The molecule has 0 saturated heterocycles. The van der Waals surface area contributed by atoms with Crippen molar-refractivity contribution in [2.75, 3.05) is 12.4 Å². The summed E-state index contributed by atoms with van der Waals surface area (Å²) in [4.78, 5) is 15.2. The van der Waals surface area contributed by atoms with Gasteiger partial charge in [0.1, 0.15) is 11.9 Å². The summed E-state index contributed by atoms with van der Waals surface area (Å²) < 4.78 is 4.43. The highest BCUT2D eigenvalue weighted by molar-refractivity contribution is 5.92. The molecule has 1 N–H and O–H groups in total.